The van der Waals surface area contributed by atoms with Gasteiger partial charge in [-0.3, -0.25) is 9.48 Å². The number of nitrogens with zero attached hydrogens (tertiary/aromatic N) is 3. The molecule has 4 rings (SSSR count). The van der Waals surface area contributed by atoms with E-state index in [4.69, 9.17) is 25.8 Å². The largest absolute Gasteiger partial charge is 0.497 e. The first-order chi connectivity index (χ1) is 15.3. The van der Waals surface area contributed by atoms with Crippen molar-refractivity contribution in [2.24, 2.45) is 13.0 Å². The number of cyclic esters (lactones) is 1. The molecule has 0 aliphatic carbocycles. The van der Waals surface area contributed by atoms with Crippen LogP contribution in [-0.4, -0.2) is 40.1 Å². The van der Waals surface area contributed by atoms with E-state index in [0.717, 1.165) is 35.2 Å². The monoisotopic (exact) mass is 457 g/mol. The average Bonchev–Trinajstić information content (AvgIpc) is 2.92. The molecule has 0 bridgehead atoms. The number of hydrogen-bond acceptors (Lipinski definition) is 6. The van der Waals surface area contributed by atoms with E-state index in [2.05, 4.69) is 22.2 Å². The number of halogens is 1. The second-order valence-corrected chi connectivity index (χ2v) is 8.78. The standard InChI is InChI=1S/C24H28ClN3O4/c1-14-23-19(27-28(14)3)13-21(25)26-24(23)31-15(2)20-12-17(7-10-22(29)32-20)11-16-5-8-18(30-4)9-6-16/h5-6,8-9,13,15,17,20H,7,10-12H2,1-4H3/t15-,17?,20-/m1/s1. The summed E-state index contributed by atoms with van der Waals surface area (Å²) in [4.78, 5) is 16.7. The number of pyridine rings is 1. The van der Waals surface area contributed by atoms with Crippen LogP contribution in [0.2, 0.25) is 5.15 Å². The summed E-state index contributed by atoms with van der Waals surface area (Å²) >= 11 is 6.20. The summed E-state index contributed by atoms with van der Waals surface area (Å²) in [5, 5.41) is 5.60. The van der Waals surface area contributed by atoms with Gasteiger partial charge >= 0.3 is 5.97 Å². The van der Waals surface area contributed by atoms with Gasteiger partial charge in [-0.15, -0.1) is 0 Å². The average molecular weight is 458 g/mol. The van der Waals surface area contributed by atoms with E-state index in [1.54, 1.807) is 17.9 Å². The first-order valence-corrected chi connectivity index (χ1v) is 11.2. The summed E-state index contributed by atoms with van der Waals surface area (Å²) in [6.45, 7) is 3.87. The molecule has 0 amide bonds. The molecule has 0 spiro atoms. The third-order valence-electron chi connectivity index (χ3n) is 6.15. The van der Waals surface area contributed by atoms with Crippen LogP contribution in [0.1, 0.15) is 37.4 Å². The molecule has 8 heteroatoms. The number of carbonyl (C=O) groups is 1. The molecule has 1 saturated heterocycles. The van der Waals surface area contributed by atoms with Crippen molar-refractivity contribution in [1.29, 1.82) is 0 Å². The zero-order valence-corrected chi connectivity index (χ0v) is 19.6. The predicted molar refractivity (Wildman–Crippen MR) is 122 cm³/mol. The van der Waals surface area contributed by atoms with Crippen LogP contribution in [-0.2, 0) is 23.0 Å². The molecule has 1 unspecified atom stereocenters. The molecule has 0 N–H and O–H groups in total. The SMILES string of the molecule is COc1ccc(CC2CCC(=O)O[C@@H]([C@@H](C)Oc3nc(Cl)cc4nn(C)c(C)c34)C2)cc1. The maximum atomic E-state index is 12.3. The molecular weight excluding hydrogens is 430 g/mol. The number of esters is 1. The highest BCUT2D eigenvalue weighted by Crippen LogP contribution is 2.32. The summed E-state index contributed by atoms with van der Waals surface area (Å²) in [5.41, 5.74) is 2.87. The Hall–Kier alpha value is -2.80. The fourth-order valence-electron chi connectivity index (χ4n) is 4.25. The first-order valence-electron chi connectivity index (χ1n) is 10.8. The Bertz CT molecular complexity index is 1110. The number of aryl methyl sites for hydroxylation is 2. The number of rotatable bonds is 6. The molecule has 3 heterocycles. The molecular formula is C24H28ClN3O4. The lowest BCUT2D eigenvalue weighted by Gasteiger charge is -2.25. The molecule has 7 nitrogen and oxygen atoms in total. The van der Waals surface area contributed by atoms with Crippen LogP contribution in [0, 0.1) is 12.8 Å². The van der Waals surface area contributed by atoms with E-state index in [1.165, 1.54) is 5.56 Å². The van der Waals surface area contributed by atoms with Crippen molar-refractivity contribution in [2.45, 2.75) is 51.7 Å². The number of methoxy groups -OCH3 is 1. The topological polar surface area (TPSA) is 75.5 Å². The van der Waals surface area contributed by atoms with Crippen LogP contribution in [0.15, 0.2) is 30.3 Å². The minimum atomic E-state index is -0.385. The molecule has 2 aromatic heterocycles. The van der Waals surface area contributed by atoms with Crippen molar-refractivity contribution in [3.63, 3.8) is 0 Å². The van der Waals surface area contributed by atoms with Gasteiger partial charge in [0.2, 0.25) is 5.88 Å². The minimum absolute atomic E-state index is 0.190. The highest BCUT2D eigenvalue weighted by Gasteiger charge is 2.31. The zero-order chi connectivity index (χ0) is 22.8. The molecule has 1 aliphatic rings. The van der Waals surface area contributed by atoms with E-state index < -0.39 is 0 Å². The zero-order valence-electron chi connectivity index (χ0n) is 18.8. The van der Waals surface area contributed by atoms with Crippen molar-refractivity contribution in [3.05, 3.63) is 46.7 Å². The van der Waals surface area contributed by atoms with Gasteiger partial charge in [0.15, 0.2) is 0 Å². The minimum Gasteiger partial charge on any atom is -0.497 e. The van der Waals surface area contributed by atoms with Gasteiger partial charge < -0.3 is 14.2 Å². The molecule has 1 aliphatic heterocycles. The van der Waals surface area contributed by atoms with Crippen molar-refractivity contribution in [2.75, 3.05) is 7.11 Å². The maximum absolute atomic E-state index is 12.3. The van der Waals surface area contributed by atoms with Crippen LogP contribution in [0.4, 0.5) is 0 Å². The Morgan fingerprint density at radius 2 is 2.06 bits per heavy atom. The van der Waals surface area contributed by atoms with Crippen LogP contribution < -0.4 is 9.47 Å². The van der Waals surface area contributed by atoms with E-state index in [9.17, 15) is 4.79 Å². The third kappa shape index (κ3) is 4.83. The van der Waals surface area contributed by atoms with E-state index in [0.29, 0.717) is 29.8 Å². The number of benzene rings is 1. The Morgan fingerprint density at radius 3 is 2.78 bits per heavy atom. The van der Waals surface area contributed by atoms with Gasteiger partial charge in [0.1, 0.15) is 28.6 Å². The molecule has 0 radical (unpaired) electrons. The van der Waals surface area contributed by atoms with Gasteiger partial charge in [0, 0.05) is 25.2 Å². The quantitative estimate of drug-likeness (QED) is 0.396. The lowest BCUT2D eigenvalue weighted by Crippen LogP contribution is -2.34. The molecule has 32 heavy (non-hydrogen) atoms. The number of fused-ring (bicyclic) bond motifs is 1. The lowest BCUT2D eigenvalue weighted by molar-refractivity contribution is -0.152. The lowest BCUT2D eigenvalue weighted by atomic mass is 9.89. The summed E-state index contributed by atoms with van der Waals surface area (Å²) in [7, 11) is 3.53. The second kappa shape index (κ2) is 9.36. The molecule has 3 atom stereocenters. The Kier molecular flexibility index (Phi) is 6.55. The Morgan fingerprint density at radius 1 is 1.31 bits per heavy atom. The third-order valence-corrected chi connectivity index (χ3v) is 6.34. The van der Waals surface area contributed by atoms with Gasteiger partial charge in [-0.1, -0.05) is 23.7 Å². The fraction of sp³-hybridized carbons (Fsp3) is 0.458. The van der Waals surface area contributed by atoms with E-state index in [-0.39, 0.29) is 18.2 Å². The predicted octanol–water partition coefficient (Wildman–Crippen LogP) is 4.66. The smallest absolute Gasteiger partial charge is 0.306 e. The number of aromatic nitrogens is 3. The summed E-state index contributed by atoms with van der Waals surface area (Å²) < 4.78 is 19.0. The molecule has 1 fully saturated rings. The molecule has 0 saturated carbocycles. The van der Waals surface area contributed by atoms with Gasteiger partial charge in [-0.25, -0.2) is 4.98 Å². The van der Waals surface area contributed by atoms with Crippen LogP contribution in [0.5, 0.6) is 11.6 Å². The van der Waals surface area contributed by atoms with E-state index >= 15 is 0 Å². The highest BCUT2D eigenvalue weighted by atomic mass is 35.5. The Balaban J connectivity index is 1.52. The Labute approximate surface area is 192 Å². The van der Waals surface area contributed by atoms with E-state index in [1.807, 2.05) is 33.0 Å². The fourth-order valence-corrected chi connectivity index (χ4v) is 4.43. The van der Waals surface area contributed by atoms with Crippen LogP contribution in [0.25, 0.3) is 10.9 Å². The maximum Gasteiger partial charge on any atom is 0.306 e. The van der Waals surface area contributed by atoms with Crippen molar-refractivity contribution in [1.82, 2.24) is 14.8 Å². The number of ether oxygens (including phenoxy) is 3. The van der Waals surface area contributed by atoms with Crippen LogP contribution >= 0.6 is 11.6 Å². The van der Waals surface area contributed by atoms with Crippen LogP contribution in [0.3, 0.4) is 0 Å². The van der Waals surface area contributed by atoms with Gasteiger partial charge in [0.25, 0.3) is 0 Å². The molecule has 170 valence electrons. The molecule has 3 aromatic rings. The highest BCUT2D eigenvalue weighted by molar-refractivity contribution is 6.30. The second-order valence-electron chi connectivity index (χ2n) is 8.40. The summed E-state index contributed by atoms with van der Waals surface area (Å²) in [6.07, 6.45) is 2.02. The van der Waals surface area contributed by atoms with Crippen molar-refractivity contribution < 1.29 is 19.0 Å². The van der Waals surface area contributed by atoms with Crippen molar-refractivity contribution in [3.8, 4) is 11.6 Å². The first kappa shape index (κ1) is 22.4. The van der Waals surface area contributed by atoms with Gasteiger partial charge in [-0.05, 0) is 56.7 Å². The van der Waals surface area contributed by atoms with Gasteiger partial charge in [0.05, 0.1) is 12.5 Å². The summed E-state index contributed by atoms with van der Waals surface area (Å²) in [5.74, 6) is 1.36. The molecule has 1 aromatic carbocycles. The number of carbonyl (C=O) groups excluding carboxylic acids is 1. The van der Waals surface area contributed by atoms with Gasteiger partial charge in [-0.2, -0.15) is 5.10 Å². The number of hydrogen-bond donors (Lipinski definition) is 0. The normalized spacial score (nSPS) is 20.0. The summed E-state index contributed by atoms with van der Waals surface area (Å²) in [6, 6.07) is 9.78. The van der Waals surface area contributed by atoms with Crippen molar-refractivity contribution >= 4 is 28.5 Å².